The van der Waals surface area contributed by atoms with Gasteiger partial charge in [-0.2, -0.15) is 5.48 Å². The lowest BCUT2D eigenvalue weighted by Crippen LogP contribution is -2.60. The van der Waals surface area contributed by atoms with Crippen molar-refractivity contribution in [2.45, 2.75) is 164 Å². The molecule has 20 N–H and O–H groups in total. The van der Waals surface area contributed by atoms with Crippen LogP contribution in [0.25, 0.3) is 10.9 Å². The first-order valence-electron chi connectivity index (χ1n) is 31.8. The molecule has 0 bridgehead atoms. The molecule has 11 amide bonds. The predicted molar refractivity (Wildman–Crippen MR) is 347 cm³/mol. The van der Waals surface area contributed by atoms with Crippen molar-refractivity contribution < 1.29 is 77.7 Å². The zero-order valence-corrected chi connectivity index (χ0v) is 53.6. The van der Waals surface area contributed by atoms with Gasteiger partial charge >= 0.3 is 5.97 Å². The van der Waals surface area contributed by atoms with Crippen LogP contribution in [0.2, 0.25) is 0 Å². The number of hydroxylamine groups is 1. The number of para-hydroxylation sites is 1. The highest BCUT2D eigenvalue weighted by molar-refractivity contribution is 5.99. The fourth-order valence-corrected chi connectivity index (χ4v) is 11.0. The van der Waals surface area contributed by atoms with Crippen LogP contribution in [0, 0.1) is 0 Å². The molecule has 96 heavy (non-hydrogen) atoms. The number of nitrogens with zero attached hydrogens (tertiary/aromatic N) is 2. The van der Waals surface area contributed by atoms with Gasteiger partial charge in [0.2, 0.25) is 65.0 Å². The van der Waals surface area contributed by atoms with Gasteiger partial charge in [-0.1, -0.05) is 80.4 Å². The quantitative estimate of drug-likeness (QED) is 0.0185. The van der Waals surface area contributed by atoms with E-state index >= 15 is 4.79 Å². The maximum atomic E-state index is 15.0. The van der Waals surface area contributed by atoms with Gasteiger partial charge in [-0.05, 0) is 79.8 Å². The SMILES string of the molecule is CCCC[C@H](NC(=O)CNC(=O)[C@H](Cc1ccc(O)cc1)NC(=O)[C@@H](CO)NC(C)=O)C(=O)N[C@H]1CCC(=O)ONCCCC[C@@H](C(N)=O)NC(=O)[C@H](Cc2c[nH]c3ccccc23)NC(=O)[C@H](CCCN=C(N)N)NC(=O)[C@@H](Cc2ccccc2)NC(=O)[C@@H]2CC(O)CN2C1=O. The highest BCUT2D eigenvalue weighted by Crippen LogP contribution is 2.23. The van der Waals surface area contributed by atoms with Crippen LogP contribution in [0.4, 0.5) is 0 Å². The number of carbonyl (C=O) groups excluding carboxylic acids is 12. The minimum absolute atomic E-state index is 0.00323. The average Bonchev–Trinajstić information content (AvgIpc) is 1.17. The molecule has 520 valence electrons. The molecule has 4 aromatic rings. The number of aromatic hydroxyl groups is 1. The van der Waals surface area contributed by atoms with Crippen LogP contribution < -0.4 is 70.5 Å². The molecule has 1 unspecified atom stereocenters. The number of rotatable bonds is 24. The fraction of sp³-hybridized carbons (Fsp3) is 0.484. The van der Waals surface area contributed by atoms with Crippen LogP contribution in [0.3, 0.4) is 0 Å². The molecule has 0 saturated carbocycles. The van der Waals surface area contributed by atoms with E-state index in [2.05, 4.69) is 63.3 Å². The Kier molecular flexibility index (Phi) is 29.3. The number of H-pyrrole nitrogens is 1. The lowest BCUT2D eigenvalue weighted by Gasteiger charge is -2.31. The molecule has 6 rings (SSSR count). The van der Waals surface area contributed by atoms with Crippen LogP contribution in [0.5, 0.6) is 5.75 Å². The van der Waals surface area contributed by atoms with Crippen molar-refractivity contribution in [2.24, 2.45) is 22.2 Å². The van der Waals surface area contributed by atoms with E-state index in [1.165, 1.54) is 24.3 Å². The molecule has 3 aromatic carbocycles. The predicted octanol–water partition coefficient (Wildman–Crippen LogP) is -3.39. The molecule has 32 nitrogen and oxygen atoms in total. The number of primary amides is 1. The number of phenolic OH excluding ortho intramolecular Hbond substituents is 1. The topological polar surface area (TPSA) is 505 Å². The molecule has 2 fully saturated rings. The van der Waals surface area contributed by atoms with Crippen LogP contribution in [0.1, 0.15) is 101 Å². The Labute approximate surface area is 553 Å². The molecule has 10 atom stereocenters. The number of hydrogen-bond acceptors (Lipinski definition) is 18. The van der Waals surface area contributed by atoms with Gasteiger partial charge in [-0.3, -0.25) is 62.5 Å². The molecule has 0 radical (unpaired) electrons. The zero-order chi connectivity index (χ0) is 69.8. The Balaban J connectivity index is 1.28. The number of aliphatic hydroxyl groups excluding tert-OH is 2. The van der Waals surface area contributed by atoms with Crippen molar-refractivity contribution in [3.63, 3.8) is 0 Å². The summed E-state index contributed by atoms with van der Waals surface area (Å²) < 4.78 is 0. The lowest BCUT2D eigenvalue weighted by atomic mass is 10.0. The third kappa shape index (κ3) is 23.7. The molecule has 2 saturated heterocycles. The van der Waals surface area contributed by atoms with E-state index in [0.29, 0.717) is 29.5 Å². The third-order valence-electron chi connectivity index (χ3n) is 16.0. The molecular weight excluding hydrogens is 1250 g/mol. The van der Waals surface area contributed by atoms with Crippen molar-refractivity contribution >= 4 is 87.8 Å². The second-order valence-corrected chi connectivity index (χ2v) is 23.6. The summed E-state index contributed by atoms with van der Waals surface area (Å²) in [5, 5.41) is 54.8. The second kappa shape index (κ2) is 37.6. The zero-order valence-electron chi connectivity index (χ0n) is 53.6. The first-order valence-corrected chi connectivity index (χ1v) is 31.8. The molecule has 2 aliphatic rings. The Bertz CT molecular complexity index is 3380. The third-order valence-corrected chi connectivity index (χ3v) is 16.0. The number of phenols is 1. The van der Waals surface area contributed by atoms with Crippen LogP contribution >= 0.6 is 0 Å². The summed E-state index contributed by atoms with van der Waals surface area (Å²) in [5.41, 5.74) is 21.9. The summed E-state index contributed by atoms with van der Waals surface area (Å²) in [5.74, 6) is -10.9. The van der Waals surface area contributed by atoms with E-state index < -0.39 is 164 Å². The smallest absolute Gasteiger partial charge is 0.324 e. The normalized spacial score (nSPS) is 21.3. The first kappa shape index (κ1) is 74.8. The maximum Gasteiger partial charge on any atom is 0.324 e. The number of aromatic amines is 1. The molecule has 0 aliphatic carbocycles. The number of nitrogens with one attached hydrogen (secondary N) is 11. The number of aliphatic imine (C=N–C) groups is 1. The Hall–Kier alpha value is -10.2. The highest BCUT2D eigenvalue weighted by atomic mass is 16.7. The van der Waals surface area contributed by atoms with E-state index in [1.807, 2.05) is 25.1 Å². The van der Waals surface area contributed by atoms with Crippen molar-refractivity contribution in [3.8, 4) is 5.75 Å². The Morgan fingerprint density at radius 2 is 1.41 bits per heavy atom. The summed E-state index contributed by atoms with van der Waals surface area (Å²) in [6.45, 7) is 0.905. The molecular formula is C64H88N16O16. The molecule has 3 heterocycles. The summed E-state index contributed by atoms with van der Waals surface area (Å²) in [7, 11) is 0. The number of unbranched alkanes of at least 4 members (excludes halogenated alkanes) is 1. The van der Waals surface area contributed by atoms with Gasteiger partial charge in [0.05, 0.1) is 19.3 Å². The number of carbonyl (C=O) groups is 12. The molecule has 1 aromatic heterocycles. The number of aliphatic hydroxyl groups is 2. The number of fused-ring (bicyclic) bond motifs is 2. The van der Waals surface area contributed by atoms with E-state index in [0.717, 1.165) is 22.7 Å². The summed E-state index contributed by atoms with van der Waals surface area (Å²) >= 11 is 0. The van der Waals surface area contributed by atoms with Gasteiger partial charge in [0.1, 0.15) is 60.1 Å². The summed E-state index contributed by atoms with van der Waals surface area (Å²) in [6, 6.07) is 8.38. The lowest BCUT2D eigenvalue weighted by molar-refractivity contribution is -0.152. The number of benzene rings is 3. The second-order valence-electron chi connectivity index (χ2n) is 23.6. The number of nitrogens with two attached hydrogens (primary N) is 3. The van der Waals surface area contributed by atoms with Gasteiger partial charge in [0, 0.05) is 75.8 Å². The van der Waals surface area contributed by atoms with Crippen molar-refractivity contribution in [3.05, 3.63) is 102 Å². The van der Waals surface area contributed by atoms with E-state index in [1.54, 1.807) is 42.6 Å². The van der Waals surface area contributed by atoms with Gasteiger partial charge in [0.25, 0.3) is 0 Å². The van der Waals surface area contributed by atoms with Crippen LogP contribution in [-0.2, 0) is 81.6 Å². The number of guanidine groups is 1. The highest BCUT2D eigenvalue weighted by Gasteiger charge is 2.44. The van der Waals surface area contributed by atoms with Crippen molar-refractivity contribution in [2.75, 3.05) is 32.8 Å². The van der Waals surface area contributed by atoms with Crippen LogP contribution in [0.15, 0.2) is 90.1 Å². The van der Waals surface area contributed by atoms with Gasteiger partial charge in [-0.15, -0.1) is 0 Å². The molecule has 2 aliphatic heterocycles. The van der Waals surface area contributed by atoms with E-state index in [4.69, 9.17) is 22.0 Å². The van der Waals surface area contributed by atoms with Gasteiger partial charge in [0.15, 0.2) is 5.96 Å². The Morgan fingerprint density at radius 1 is 0.729 bits per heavy atom. The monoisotopic (exact) mass is 1340 g/mol. The van der Waals surface area contributed by atoms with E-state index in [9.17, 15) is 68.1 Å². The minimum atomic E-state index is -1.66. The average molecular weight is 1340 g/mol. The fourth-order valence-electron chi connectivity index (χ4n) is 11.0. The van der Waals surface area contributed by atoms with Crippen molar-refractivity contribution in [1.82, 2.24) is 63.2 Å². The largest absolute Gasteiger partial charge is 0.508 e. The molecule has 0 spiro atoms. The Morgan fingerprint density at radius 3 is 2.10 bits per heavy atom. The van der Waals surface area contributed by atoms with E-state index in [-0.39, 0.29) is 89.0 Å². The van der Waals surface area contributed by atoms with Crippen LogP contribution in [-0.4, -0.2) is 195 Å². The van der Waals surface area contributed by atoms with Gasteiger partial charge < -0.3 is 95.1 Å². The van der Waals surface area contributed by atoms with Gasteiger partial charge in [-0.25, -0.2) is 0 Å². The number of hydrogen-bond donors (Lipinski definition) is 17. The number of amides is 11. The summed E-state index contributed by atoms with van der Waals surface area (Å²) in [4.78, 5) is 181. The van der Waals surface area contributed by atoms with Crippen molar-refractivity contribution in [1.29, 1.82) is 0 Å². The minimum Gasteiger partial charge on any atom is -0.508 e. The first-order chi connectivity index (χ1) is 45.9. The molecule has 32 heteroatoms. The number of aromatic nitrogens is 1. The maximum absolute atomic E-state index is 15.0. The summed E-state index contributed by atoms with van der Waals surface area (Å²) in [6.07, 6.45) is -0.198. The standard InChI is InChI=1S/C64H88N16O16/c1-3-4-16-45(73-53(85)33-70-56(88)48(29-38-20-22-40(83)23-21-38)77-61(93)51(35-81)72-36(2)82)57(89)76-47-24-25-54(86)96-71-27-11-10-18-44(55(65)87)74-60(92)50(30-39-32-69-43-17-9-8-15-42(39)43)78-58(90)46(19-12-26-68-64(66)67)75-59(91)49(28-37-13-6-5-7-14-37)79-62(94)52-31-41(84)34-80(52)63(47)95/h5-9,13-15,17,20-23,32,41,44-52,69,71,81,83-84H,3-4,10-12,16,18-19,24-31,33-35H2,1-2H3,(H2,65,87)(H,70,88)(H,72,82)(H,73,85)(H,74,92)(H,75,91)(H,76,89)(H,77,93)(H,78,90)(H,79,94)(H4,66,67,68)/t41?,44-,45-,46-,47-,48-,49+,50-,51+,52-/m0/s1.